The average molecular weight is 463 g/mol. The second-order valence-corrected chi connectivity index (χ2v) is 9.32. The van der Waals surface area contributed by atoms with Gasteiger partial charge in [-0.05, 0) is 36.8 Å². The van der Waals surface area contributed by atoms with E-state index in [0.717, 1.165) is 9.82 Å². The summed E-state index contributed by atoms with van der Waals surface area (Å²) in [6, 6.07) is 22.0. The van der Waals surface area contributed by atoms with Crippen LogP contribution < -0.4 is 4.31 Å². The lowest BCUT2D eigenvalue weighted by Crippen LogP contribution is -2.35. The average Bonchev–Trinajstić information content (AvgIpc) is 3.07. The molecule has 1 aromatic heterocycles. The number of benzene rings is 3. The summed E-state index contributed by atoms with van der Waals surface area (Å²) in [4.78, 5) is 12.8. The number of hydrogen-bond donors (Lipinski definition) is 1. The van der Waals surface area contributed by atoms with E-state index < -0.39 is 22.5 Å². The molecule has 0 fully saturated rings. The van der Waals surface area contributed by atoms with Crippen LogP contribution in [0.2, 0.25) is 0 Å². The molecule has 4 aromatic rings. The van der Waals surface area contributed by atoms with Gasteiger partial charge in [0.25, 0.3) is 15.9 Å². The van der Waals surface area contributed by atoms with Crippen LogP contribution in [0, 0.1) is 6.92 Å². The van der Waals surface area contributed by atoms with Crippen molar-refractivity contribution in [3.05, 3.63) is 84.4 Å². The van der Waals surface area contributed by atoms with Crippen molar-refractivity contribution in [3.63, 3.8) is 0 Å². The molecule has 0 unspecified atom stereocenters. The van der Waals surface area contributed by atoms with Gasteiger partial charge in [-0.3, -0.25) is 9.10 Å². The Morgan fingerprint density at radius 1 is 0.970 bits per heavy atom. The fourth-order valence-electron chi connectivity index (χ4n) is 3.58. The number of nitrogens with zero attached hydrogens (tertiary/aromatic N) is 4. The van der Waals surface area contributed by atoms with Crippen molar-refractivity contribution in [3.8, 4) is 5.88 Å². The Bertz CT molecular complexity index is 1460. The van der Waals surface area contributed by atoms with Crippen molar-refractivity contribution < 1.29 is 18.3 Å². The molecule has 9 heteroatoms. The van der Waals surface area contributed by atoms with Crippen molar-refractivity contribution in [2.24, 2.45) is 17.3 Å². The maximum atomic E-state index is 13.4. The van der Waals surface area contributed by atoms with Crippen LogP contribution in [-0.4, -0.2) is 30.5 Å². The second kappa shape index (κ2) is 8.87. The fraction of sp³-hybridized carbons (Fsp3) is 0.125. The number of carbonyl (C=O) groups excluding carboxylic acids is 1. The van der Waals surface area contributed by atoms with Crippen molar-refractivity contribution in [2.45, 2.75) is 11.8 Å². The molecule has 0 bridgehead atoms. The number of rotatable bonds is 6. The number of para-hydroxylation sites is 2. The zero-order valence-corrected chi connectivity index (χ0v) is 18.9. The molecule has 0 saturated heterocycles. The third-order valence-electron chi connectivity index (χ3n) is 5.31. The summed E-state index contributed by atoms with van der Waals surface area (Å²) in [6.45, 7) is 1.22. The molecule has 0 atom stereocenters. The fourth-order valence-corrected chi connectivity index (χ4v) is 5.08. The van der Waals surface area contributed by atoms with E-state index >= 15 is 0 Å². The van der Waals surface area contributed by atoms with Crippen LogP contribution in [-0.2, 0) is 21.9 Å². The summed E-state index contributed by atoms with van der Waals surface area (Å²) >= 11 is 0. The summed E-state index contributed by atoms with van der Waals surface area (Å²) in [6.07, 6.45) is 0. The highest BCUT2D eigenvalue weighted by atomic mass is 32.2. The standard InChI is InChI=1S/C24H22N4O4S/c1-17-10-6-8-14-20(17)28(33(31,32)18-11-4-3-5-12-18)16-22(29)25-26-23-19-13-7-9-15-21(19)27(2)24(23)30/h3-15,30H,16H2,1-2H3. The first-order valence-electron chi connectivity index (χ1n) is 10.1. The summed E-state index contributed by atoms with van der Waals surface area (Å²) in [7, 11) is -2.36. The van der Waals surface area contributed by atoms with Crippen LogP contribution in [0.5, 0.6) is 5.88 Å². The topological polar surface area (TPSA) is 104 Å². The van der Waals surface area contributed by atoms with E-state index in [2.05, 4.69) is 10.2 Å². The molecule has 0 aliphatic heterocycles. The van der Waals surface area contributed by atoms with Crippen molar-refractivity contribution in [2.75, 3.05) is 10.8 Å². The van der Waals surface area contributed by atoms with E-state index in [0.29, 0.717) is 16.6 Å². The van der Waals surface area contributed by atoms with Crippen LogP contribution >= 0.6 is 0 Å². The SMILES string of the molecule is Cc1ccccc1N(CC(=O)N=Nc1c(O)n(C)c2ccccc12)S(=O)(=O)c1ccccc1. The molecule has 1 heterocycles. The summed E-state index contributed by atoms with van der Waals surface area (Å²) in [5.41, 5.74) is 1.94. The number of aromatic nitrogens is 1. The second-order valence-electron chi connectivity index (χ2n) is 7.45. The molecule has 0 aliphatic rings. The van der Waals surface area contributed by atoms with Crippen LogP contribution in [0.3, 0.4) is 0 Å². The molecule has 8 nitrogen and oxygen atoms in total. The van der Waals surface area contributed by atoms with E-state index in [1.165, 1.54) is 16.7 Å². The monoisotopic (exact) mass is 462 g/mol. The van der Waals surface area contributed by atoms with Crippen LogP contribution in [0.15, 0.2) is 94.0 Å². The van der Waals surface area contributed by atoms with Crippen molar-refractivity contribution in [1.29, 1.82) is 0 Å². The third-order valence-corrected chi connectivity index (χ3v) is 7.08. The first-order valence-corrected chi connectivity index (χ1v) is 11.6. The number of fused-ring (bicyclic) bond motifs is 1. The minimum atomic E-state index is -4.04. The smallest absolute Gasteiger partial charge is 0.285 e. The first kappa shape index (κ1) is 22.2. The van der Waals surface area contributed by atoms with Gasteiger partial charge in [-0.25, -0.2) is 8.42 Å². The maximum Gasteiger partial charge on any atom is 0.285 e. The van der Waals surface area contributed by atoms with Crippen LogP contribution in [0.25, 0.3) is 10.9 Å². The van der Waals surface area contributed by atoms with Crippen LogP contribution in [0.4, 0.5) is 11.4 Å². The molecule has 0 radical (unpaired) electrons. The number of hydrogen-bond acceptors (Lipinski definition) is 5. The molecule has 4 rings (SSSR count). The van der Waals surface area contributed by atoms with Gasteiger partial charge in [0.1, 0.15) is 6.54 Å². The summed E-state index contributed by atoms with van der Waals surface area (Å²) in [5, 5.41) is 18.7. The molecule has 0 saturated carbocycles. The highest BCUT2D eigenvalue weighted by Gasteiger charge is 2.28. The van der Waals surface area contributed by atoms with Gasteiger partial charge in [-0.1, -0.05) is 54.6 Å². The Balaban J connectivity index is 1.70. The summed E-state index contributed by atoms with van der Waals surface area (Å²) < 4.78 is 29.3. The van der Waals surface area contributed by atoms with E-state index in [1.54, 1.807) is 68.6 Å². The number of sulfonamides is 1. The third kappa shape index (κ3) is 4.22. The summed E-state index contributed by atoms with van der Waals surface area (Å²) in [5.74, 6) is -0.912. The highest BCUT2D eigenvalue weighted by Crippen LogP contribution is 2.37. The number of aromatic hydroxyl groups is 1. The van der Waals surface area contributed by atoms with Crippen LogP contribution in [0.1, 0.15) is 5.56 Å². The minimum Gasteiger partial charge on any atom is -0.493 e. The van der Waals surface area contributed by atoms with Gasteiger partial charge in [0.15, 0.2) is 5.69 Å². The molecule has 168 valence electrons. The molecular formula is C24H22N4O4S. The number of anilines is 1. The van der Waals surface area contributed by atoms with Gasteiger partial charge in [0.2, 0.25) is 5.88 Å². The Morgan fingerprint density at radius 2 is 1.61 bits per heavy atom. The Hall–Kier alpha value is -3.98. The van der Waals surface area contributed by atoms with E-state index in [1.807, 2.05) is 12.1 Å². The van der Waals surface area contributed by atoms with E-state index in [-0.39, 0.29) is 16.5 Å². The molecule has 1 N–H and O–H groups in total. The molecule has 33 heavy (non-hydrogen) atoms. The van der Waals surface area contributed by atoms with Gasteiger partial charge >= 0.3 is 0 Å². The van der Waals surface area contributed by atoms with Gasteiger partial charge in [0.05, 0.1) is 16.1 Å². The molecular weight excluding hydrogens is 440 g/mol. The van der Waals surface area contributed by atoms with Crippen molar-refractivity contribution in [1.82, 2.24) is 4.57 Å². The quantitative estimate of drug-likeness (QED) is 0.419. The zero-order chi connectivity index (χ0) is 23.6. The maximum absolute atomic E-state index is 13.4. The number of carbonyl (C=O) groups is 1. The van der Waals surface area contributed by atoms with Gasteiger partial charge in [-0.15, -0.1) is 10.2 Å². The van der Waals surface area contributed by atoms with Gasteiger partial charge in [0, 0.05) is 12.4 Å². The predicted molar refractivity (Wildman–Crippen MR) is 126 cm³/mol. The molecule has 0 spiro atoms. The highest BCUT2D eigenvalue weighted by molar-refractivity contribution is 7.92. The predicted octanol–water partition coefficient (Wildman–Crippen LogP) is 4.70. The Kier molecular flexibility index (Phi) is 5.97. The zero-order valence-electron chi connectivity index (χ0n) is 18.1. The minimum absolute atomic E-state index is 0.0599. The first-order chi connectivity index (χ1) is 15.8. The lowest BCUT2D eigenvalue weighted by atomic mass is 10.2. The van der Waals surface area contributed by atoms with Gasteiger partial charge < -0.3 is 9.67 Å². The van der Waals surface area contributed by atoms with E-state index in [4.69, 9.17) is 0 Å². The molecule has 0 aliphatic carbocycles. The van der Waals surface area contributed by atoms with Gasteiger partial charge in [-0.2, -0.15) is 0 Å². The lowest BCUT2D eigenvalue weighted by molar-refractivity contribution is -0.116. The number of aryl methyl sites for hydroxylation is 2. The molecule has 1 amide bonds. The van der Waals surface area contributed by atoms with Crippen molar-refractivity contribution >= 4 is 38.2 Å². The Morgan fingerprint density at radius 3 is 2.33 bits per heavy atom. The van der Waals surface area contributed by atoms with E-state index in [9.17, 15) is 18.3 Å². The molecule has 3 aromatic carbocycles. The number of amides is 1. The lowest BCUT2D eigenvalue weighted by Gasteiger charge is -2.24. The Labute approximate surface area is 191 Å². The number of azo groups is 1. The normalized spacial score (nSPS) is 11.8. The largest absolute Gasteiger partial charge is 0.493 e.